The van der Waals surface area contributed by atoms with Crippen molar-refractivity contribution in [3.05, 3.63) is 35.1 Å². The van der Waals surface area contributed by atoms with E-state index in [0.717, 1.165) is 12.2 Å². The lowest BCUT2D eigenvalue weighted by molar-refractivity contribution is -0.169. The van der Waals surface area contributed by atoms with Gasteiger partial charge in [0.2, 0.25) is 5.72 Å². The second-order valence-corrected chi connectivity index (χ2v) is 6.56. The monoisotopic (exact) mass is 394 g/mol. The van der Waals surface area contributed by atoms with E-state index in [0.29, 0.717) is 0 Å². The number of rotatable bonds is 3. The van der Waals surface area contributed by atoms with Crippen LogP contribution in [0.15, 0.2) is 45.1 Å². The average Bonchev–Trinajstić information content (AvgIpc) is 2.50. The predicted molar refractivity (Wildman–Crippen MR) is 85.6 cm³/mol. The molecule has 1 aliphatic carbocycles. The smallest absolute Gasteiger partial charge is 0.416 e. The first-order chi connectivity index (χ1) is 12.4. The third-order valence-corrected chi connectivity index (χ3v) is 4.00. The highest BCUT2D eigenvalue weighted by molar-refractivity contribution is 6.09. The number of halogens is 6. The minimum Gasteiger partial charge on any atom is -0.490 e. The SMILES string of the molecule is CC(C)OC1=CC=NC23OC(CC(F)(F)F)CN=C2C=C(C(F)(F)F)C=C13. The topological polar surface area (TPSA) is 43.2 Å². The summed E-state index contributed by atoms with van der Waals surface area (Å²) >= 11 is 0. The first kappa shape index (κ1) is 19.7. The molecule has 0 saturated carbocycles. The van der Waals surface area contributed by atoms with Gasteiger partial charge < -0.3 is 9.47 Å². The fourth-order valence-electron chi connectivity index (χ4n) is 3.02. The van der Waals surface area contributed by atoms with Crippen LogP contribution in [-0.4, -0.2) is 48.8 Å². The van der Waals surface area contributed by atoms with Crippen molar-refractivity contribution in [2.75, 3.05) is 6.54 Å². The molecule has 0 amide bonds. The van der Waals surface area contributed by atoms with Gasteiger partial charge in [0.05, 0.1) is 42.0 Å². The van der Waals surface area contributed by atoms with Crippen molar-refractivity contribution in [1.82, 2.24) is 0 Å². The van der Waals surface area contributed by atoms with Crippen LogP contribution in [0.5, 0.6) is 0 Å². The first-order valence-corrected chi connectivity index (χ1v) is 8.14. The zero-order valence-corrected chi connectivity index (χ0v) is 14.4. The van der Waals surface area contributed by atoms with E-state index in [1.54, 1.807) is 13.8 Å². The molecular formula is C17H16F6N2O2. The van der Waals surface area contributed by atoms with Gasteiger partial charge in [0.15, 0.2) is 0 Å². The molecule has 0 aromatic carbocycles. The van der Waals surface area contributed by atoms with Crippen molar-refractivity contribution in [2.45, 2.75) is 50.6 Å². The molecule has 3 rings (SSSR count). The van der Waals surface area contributed by atoms with Gasteiger partial charge in [0, 0.05) is 6.21 Å². The fraction of sp³-hybridized carbons (Fsp3) is 0.529. The van der Waals surface area contributed by atoms with Crippen LogP contribution in [-0.2, 0) is 9.47 Å². The highest BCUT2D eigenvalue weighted by Crippen LogP contribution is 2.45. The molecule has 0 radical (unpaired) electrons. The number of hydrogen-bond donors (Lipinski definition) is 0. The van der Waals surface area contributed by atoms with E-state index in [1.807, 2.05) is 0 Å². The standard InChI is InChI=1S/C17H16F6N2O2/c1-9(2)26-13-3-4-25-16-12(13)5-10(17(21,22)23)6-14(16)24-8-11(27-16)7-15(18,19)20/h3-6,9,11H,7-8H2,1-2H3. The van der Waals surface area contributed by atoms with Crippen LogP contribution in [0.4, 0.5) is 26.3 Å². The first-order valence-electron chi connectivity index (χ1n) is 8.14. The number of nitrogens with zero attached hydrogens (tertiary/aromatic N) is 2. The zero-order valence-electron chi connectivity index (χ0n) is 14.4. The quantitative estimate of drug-likeness (QED) is 0.670. The van der Waals surface area contributed by atoms with Gasteiger partial charge in [-0.3, -0.25) is 4.99 Å². The lowest BCUT2D eigenvalue weighted by Gasteiger charge is -2.42. The fourth-order valence-corrected chi connectivity index (χ4v) is 3.02. The Morgan fingerprint density at radius 1 is 1.22 bits per heavy atom. The molecule has 27 heavy (non-hydrogen) atoms. The normalized spacial score (nSPS) is 28.0. The van der Waals surface area contributed by atoms with Gasteiger partial charge in [-0.05, 0) is 32.1 Å². The molecule has 0 aromatic heterocycles. The summed E-state index contributed by atoms with van der Waals surface area (Å²) in [5, 5.41) is 0. The summed E-state index contributed by atoms with van der Waals surface area (Å²) in [7, 11) is 0. The van der Waals surface area contributed by atoms with Crippen LogP contribution in [0.1, 0.15) is 20.3 Å². The van der Waals surface area contributed by atoms with Crippen LogP contribution in [0.25, 0.3) is 0 Å². The summed E-state index contributed by atoms with van der Waals surface area (Å²) in [6.45, 7) is 2.93. The number of allylic oxidation sites excluding steroid dienone is 3. The summed E-state index contributed by atoms with van der Waals surface area (Å²) in [5.41, 5.74) is -3.18. The summed E-state index contributed by atoms with van der Waals surface area (Å²) in [4.78, 5) is 8.02. The van der Waals surface area contributed by atoms with Crippen molar-refractivity contribution in [1.29, 1.82) is 0 Å². The van der Waals surface area contributed by atoms with E-state index < -0.39 is 42.7 Å². The molecule has 2 aliphatic heterocycles. The number of ether oxygens (including phenoxy) is 2. The molecule has 0 aromatic rings. The predicted octanol–water partition coefficient (Wildman–Crippen LogP) is 4.30. The Kier molecular flexibility index (Phi) is 4.73. The van der Waals surface area contributed by atoms with Crippen molar-refractivity contribution in [2.24, 2.45) is 9.98 Å². The molecule has 1 spiro atoms. The van der Waals surface area contributed by atoms with Crippen molar-refractivity contribution < 1.29 is 35.8 Å². The lowest BCUT2D eigenvalue weighted by atomic mass is 9.85. The molecule has 4 nitrogen and oxygen atoms in total. The van der Waals surface area contributed by atoms with Crippen LogP contribution in [0.3, 0.4) is 0 Å². The van der Waals surface area contributed by atoms with Crippen molar-refractivity contribution in [3.8, 4) is 0 Å². The summed E-state index contributed by atoms with van der Waals surface area (Å²) in [5.74, 6) is 0.0511. The van der Waals surface area contributed by atoms with E-state index in [1.165, 1.54) is 12.3 Å². The summed E-state index contributed by atoms with van der Waals surface area (Å²) in [6.07, 6.45) is -8.07. The highest BCUT2D eigenvalue weighted by atomic mass is 19.4. The van der Waals surface area contributed by atoms with E-state index in [-0.39, 0.29) is 23.1 Å². The van der Waals surface area contributed by atoms with Crippen LogP contribution in [0, 0.1) is 0 Å². The number of dihydropyridines is 1. The number of hydrogen-bond acceptors (Lipinski definition) is 4. The Labute approximate surface area is 151 Å². The van der Waals surface area contributed by atoms with E-state index in [2.05, 4.69) is 9.98 Å². The second-order valence-electron chi connectivity index (χ2n) is 6.56. The van der Waals surface area contributed by atoms with E-state index in [4.69, 9.17) is 9.47 Å². The maximum atomic E-state index is 13.3. The second kappa shape index (κ2) is 6.50. The summed E-state index contributed by atoms with van der Waals surface area (Å²) < 4.78 is 89.3. The minimum atomic E-state index is -4.67. The Bertz CT molecular complexity index is 773. The Morgan fingerprint density at radius 2 is 1.93 bits per heavy atom. The van der Waals surface area contributed by atoms with E-state index in [9.17, 15) is 26.3 Å². The minimum absolute atomic E-state index is 0.0511. The third kappa shape index (κ3) is 3.95. The maximum Gasteiger partial charge on any atom is 0.416 e. The molecule has 2 heterocycles. The Morgan fingerprint density at radius 3 is 2.52 bits per heavy atom. The molecule has 0 N–H and O–H groups in total. The van der Waals surface area contributed by atoms with Crippen LogP contribution < -0.4 is 0 Å². The average molecular weight is 394 g/mol. The van der Waals surface area contributed by atoms with Crippen molar-refractivity contribution in [3.63, 3.8) is 0 Å². The molecule has 2 atom stereocenters. The van der Waals surface area contributed by atoms with E-state index >= 15 is 0 Å². The van der Waals surface area contributed by atoms with Crippen LogP contribution in [0.2, 0.25) is 0 Å². The highest BCUT2D eigenvalue weighted by Gasteiger charge is 2.52. The molecule has 0 bridgehead atoms. The van der Waals surface area contributed by atoms with Gasteiger partial charge >= 0.3 is 12.4 Å². The molecule has 0 saturated heterocycles. The summed E-state index contributed by atoms with van der Waals surface area (Å²) in [6, 6.07) is 0. The van der Waals surface area contributed by atoms with Gasteiger partial charge in [0.1, 0.15) is 5.76 Å². The lowest BCUT2D eigenvalue weighted by Crippen LogP contribution is -2.52. The number of alkyl halides is 6. The molecule has 3 aliphatic rings. The molecule has 10 heteroatoms. The molecule has 2 unspecified atom stereocenters. The van der Waals surface area contributed by atoms with Crippen LogP contribution >= 0.6 is 0 Å². The third-order valence-electron chi connectivity index (χ3n) is 4.00. The van der Waals surface area contributed by atoms with Gasteiger partial charge in [-0.15, -0.1) is 0 Å². The largest absolute Gasteiger partial charge is 0.490 e. The maximum absolute atomic E-state index is 13.3. The zero-order chi connectivity index (χ0) is 20.0. The molecular weight excluding hydrogens is 378 g/mol. The van der Waals surface area contributed by atoms with Gasteiger partial charge in [-0.1, -0.05) is 0 Å². The Hall–Kier alpha value is -2.10. The Balaban J connectivity index is 2.07. The molecule has 0 fully saturated rings. The van der Waals surface area contributed by atoms with Gasteiger partial charge in [0.25, 0.3) is 0 Å². The molecule has 148 valence electrons. The number of aliphatic imine (C=N–C) groups is 2. The van der Waals surface area contributed by atoms with Gasteiger partial charge in [-0.25, -0.2) is 4.99 Å². The van der Waals surface area contributed by atoms with Gasteiger partial charge in [-0.2, -0.15) is 26.3 Å². The van der Waals surface area contributed by atoms with Crippen molar-refractivity contribution >= 4 is 11.9 Å².